The van der Waals surface area contributed by atoms with Gasteiger partial charge in [0.2, 0.25) is 0 Å². The van der Waals surface area contributed by atoms with Crippen molar-refractivity contribution < 1.29 is 4.39 Å². The lowest BCUT2D eigenvalue weighted by molar-refractivity contribution is 0.411. The van der Waals surface area contributed by atoms with Crippen molar-refractivity contribution in [2.24, 2.45) is 0 Å². The maximum absolute atomic E-state index is 12.1. The van der Waals surface area contributed by atoms with E-state index in [0.29, 0.717) is 6.54 Å². The molecular formula is C9H12FN3O. The Morgan fingerprint density at radius 3 is 3.29 bits per heavy atom. The first kappa shape index (κ1) is 9.33. The third-order valence-corrected chi connectivity index (χ3v) is 2.31. The molecule has 1 N–H and O–H groups in total. The van der Waals surface area contributed by atoms with Gasteiger partial charge in [0.25, 0.3) is 5.56 Å². The van der Waals surface area contributed by atoms with Gasteiger partial charge in [0.1, 0.15) is 6.67 Å². The van der Waals surface area contributed by atoms with Crippen molar-refractivity contribution in [1.29, 1.82) is 0 Å². The van der Waals surface area contributed by atoms with Crippen molar-refractivity contribution in [3.8, 4) is 0 Å². The van der Waals surface area contributed by atoms with E-state index in [4.69, 9.17) is 0 Å². The van der Waals surface area contributed by atoms with Crippen molar-refractivity contribution >= 4 is 0 Å². The highest BCUT2D eigenvalue weighted by molar-refractivity contribution is 5.20. The lowest BCUT2D eigenvalue weighted by atomic mass is 10.1. The van der Waals surface area contributed by atoms with Gasteiger partial charge < -0.3 is 5.32 Å². The summed E-state index contributed by atoms with van der Waals surface area (Å²) >= 11 is 0. The van der Waals surface area contributed by atoms with Crippen LogP contribution in [0.25, 0.3) is 0 Å². The van der Waals surface area contributed by atoms with Crippen LogP contribution >= 0.6 is 0 Å². The zero-order chi connectivity index (χ0) is 9.97. The molecule has 0 amide bonds. The topological polar surface area (TPSA) is 46.9 Å². The second-order valence-corrected chi connectivity index (χ2v) is 3.29. The normalized spacial score (nSPS) is 15.2. The van der Waals surface area contributed by atoms with E-state index in [9.17, 15) is 9.18 Å². The van der Waals surface area contributed by atoms with E-state index in [1.54, 1.807) is 6.07 Å². The van der Waals surface area contributed by atoms with Crippen molar-refractivity contribution in [3.63, 3.8) is 0 Å². The fourth-order valence-corrected chi connectivity index (χ4v) is 1.60. The maximum Gasteiger partial charge on any atom is 0.267 e. The number of hydrogen-bond donors (Lipinski definition) is 1. The molecule has 2 rings (SSSR count). The summed E-state index contributed by atoms with van der Waals surface area (Å²) in [6.07, 6.45) is 0.807. The minimum atomic E-state index is -0.552. The largest absolute Gasteiger partial charge is 0.312 e. The molecule has 1 aliphatic heterocycles. The SMILES string of the molecule is O=c1cc2c(nn1CCF)CCNC2. The number of fused-ring (bicyclic) bond motifs is 1. The number of nitrogens with one attached hydrogen (secondary N) is 1. The zero-order valence-corrected chi connectivity index (χ0v) is 7.79. The smallest absolute Gasteiger partial charge is 0.267 e. The molecule has 5 heteroatoms. The van der Waals surface area contributed by atoms with E-state index < -0.39 is 6.67 Å². The number of hydrogen-bond acceptors (Lipinski definition) is 3. The first-order valence-corrected chi connectivity index (χ1v) is 4.68. The Morgan fingerprint density at radius 1 is 1.64 bits per heavy atom. The molecule has 0 unspecified atom stereocenters. The van der Waals surface area contributed by atoms with Crippen molar-refractivity contribution in [1.82, 2.24) is 15.1 Å². The van der Waals surface area contributed by atoms with Crippen LogP contribution in [0.1, 0.15) is 11.3 Å². The molecule has 0 aliphatic carbocycles. The van der Waals surface area contributed by atoms with Gasteiger partial charge in [-0.05, 0) is 5.56 Å². The number of aromatic nitrogens is 2. The van der Waals surface area contributed by atoms with Crippen LogP contribution in [0, 0.1) is 0 Å². The monoisotopic (exact) mass is 197 g/mol. The molecule has 4 nitrogen and oxygen atoms in total. The van der Waals surface area contributed by atoms with Gasteiger partial charge in [-0.1, -0.05) is 0 Å². The highest BCUT2D eigenvalue weighted by atomic mass is 19.1. The lowest BCUT2D eigenvalue weighted by Crippen LogP contribution is -2.32. The molecule has 0 spiro atoms. The number of aryl methyl sites for hydroxylation is 1. The van der Waals surface area contributed by atoms with Gasteiger partial charge in [-0.3, -0.25) is 4.79 Å². The van der Waals surface area contributed by atoms with Crippen LogP contribution in [0.3, 0.4) is 0 Å². The molecule has 14 heavy (non-hydrogen) atoms. The Hall–Kier alpha value is -1.23. The van der Waals surface area contributed by atoms with Gasteiger partial charge in [-0.15, -0.1) is 0 Å². The zero-order valence-electron chi connectivity index (χ0n) is 7.79. The second-order valence-electron chi connectivity index (χ2n) is 3.29. The Morgan fingerprint density at radius 2 is 2.50 bits per heavy atom. The molecular weight excluding hydrogens is 185 g/mol. The highest BCUT2D eigenvalue weighted by Gasteiger charge is 2.12. The van der Waals surface area contributed by atoms with E-state index in [1.807, 2.05) is 0 Å². The quantitative estimate of drug-likeness (QED) is 0.717. The first-order chi connectivity index (χ1) is 6.81. The molecule has 0 saturated heterocycles. The van der Waals surface area contributed by atoms with E-state index in [0.717, 1.165) is 24.2 Å². The number of nitrogens with zero attached hydrogens (tertiary/aromatic N) is 2. The van der Waals surface area contributed by atoms with E-state index in [2.05, 4.69) is 10.4 Å². The molecule has 2 heterocycles. The third-order valence-electron chi connectivity index (χ3n) is 2.31. The summed E-state index contributed by atoms with van der Waals surface area (Å²) in [6.45, 7) is 1.06. The Kier molecular flexibility index (Phi) is 2.58. The number of halogens is 1. The van der Waals surface area contributed by atoms with Gasteiger partial charge in [0.05, 0.1) is 12.2 Å². The molecule has 0 radical (unpaired) electrons. The molecule has 1 aromatic heterocycles. The van der Waals surface area contributed by atoms with Gasteiger partial charge >= 0.3 is 0 Å². The third kappa shape index (κ3) is 1.68. The molecule has 1 aromatic rings. The van der Waals surface area contributed by atoms with Crippen molar-refractivity contribution in [2.75, 3.05) is 13.2 Å². The number of rotatable bonds is 2. The van der Waals surface area contributed by atoms with Crippen LogP contribution in [0.15, 0.2) is 10.9 Å². The van der Waals surface area contributed by atoms with Crippen LogP contribution in [-0.4, -0.2) is 23.0 Å². The summed E-state index contributed by atoms with van der Waals surface area (Å²) in [6, 6.07) is 1.55. The Balaban J connectivity index is 2.40. The van der Waals surface area contributed by atoms with Gasteiger partial charge in [-0.25, -0.2) is 9.07 Å². The van der Waals surface area contributed by atoms with Crippen LogP contribution in [-0.2, 0) is 19.5 Å². The van der Waals surface area contributed by atoms with E-state index in [1.165, 1.54) is 4.68 Å². The predicted molar refractivity (Wildman–Crippen MR) is 49.9 cm³/mol. The second kappa shape index (κ2) is 3.88. The summed E-state index contributed by atoms with van der Waals surface area (Å²) in [5.74, 6) is 0. The molecule has 76 valence electrons. The van der Waals surface area contributed by atoms with E-state index >= 15 is 0 Å². The molecule has 0 fully saturated rings. The van der Waals surface area contributed by atoms with E-state index in [-0.39, 0.29) is 12.1 Å². The summed E-state index contributed by atoms with van der Waals surface area (Å²) in [5, 5.41) is 7.28. The Labute approximate surface area is 80.7 Å². The first-order valence-electron chi connectivity index (χ1n) is 4.68. The van der Waals surface area contributed by atoms with Crippen LogP contribution < -0.4 is 10.9 Å². The molecule has 0 aromatic carbocycles. The summed E-state index contributed by atoms with van der Waals surface area (Å²) in [7, 11) is 0. The summed E-state index contributed by atoms with van der Waals surface area (Å²) < 4.78 is 13.3. The summed E-state index contributed by atoms with van der Waals surface area (Å²) in [4.78, 5) is 11.4. The van der Waals surface area contributed by atoms with Gasteiger partial charge in [-0.2, -0.15) is 5.10 Å². The number of alkyl halides is 1. The molecule has 1 aliphatic rings. The fourth-order valence-electron chi connectivity index (χ4n) is 1.60. The minimum Gasteiger partial charge on any atom is -0.312 e. The maximum atomic E-state index is 12.1. The Bertz CT molecular complexity index is 388. The molecule has 0 atom stereocenters. The predicted octanol–water partition coefficient (Wildman–Crippen LogP) is -0.142. The van der Waals surface area contributed by atoms with Crippen molar-refractivity contribution in [2.45, 2.75) is 19.5 Å². The van der Waals surface area contributed by atoms with Crippen LogP contribution in [0.5, 0.6) is 0 Å². The molecule has 0 bridgehead atoms. The average molecular weight is 197 g/mol. The molecule has 0 saturated carbocycles. The van der Waals surface area contributed by atoms with Gasteiger partial charge in [0, 0.05) is 25.6 Å². The van der Waals surface area contributed by atoms with Crippen LogP contribution in [0.2, 0.25) is 0 Å². The highest BCUT2D eigenvalue weighted by Crippen LogP contribution is 2.07. The van der Waals surface area contributed by atoms with Crippen molar-refractivity contribution in [3.05, 3.63) is 27.7 Å². The summed E-state index contributed by atoms with van der Waals surface area (Å²) in [5.41, 5.74) is 1.64. The fraction of sp³-hybridized carbons (Fsp3) is 0.556. The average Bonchev–Trinajstić information content (AvgIpc) is 2.19. The minimum absolute atomic E-state index is 0.0551. The van der Waals surface area contributed by atoms with Gasteiger partial charge in [0.15, 0.2) is 0 Å². The lowest BCUT2D eigenvalue weighted by Gasteiger charge is -2.16. The van der Waals surface area contributed by atoms with Crippen LogP contribution in [0.4, 0.5) is 4.39 Å². The standard InChI is InChI=1S/C9H12FN3O/c10-2-4-13-9(14)5-7-6-11-3-1-8(7)12-13/h5,11H,1-4,6H2.